The molecule has 17 nitrogen and oxygen atoms in total. The van der Waals surface area contributed by atoms with Crippen molar-refractivity contribution in [1.29, 1.82) is 16.2 Å². The van der Waals surface area contributed by atoms with E-state index in [4.69, 9.17) is 60.0 Å². The van der Waals surface area contributed by atoms with E-state index in [1.807, 2.05) is 37.3 Å². The van der Waals surface area contributed by atoms with Crippen molar-refractivity contribution in [3.05, 3.63) is 35.9 Å². The first-order valence-electron chi connectivity index (χ1n) is 25.7. The maximum atomic E-state index is 13.7. The fraction of sp³-hybridized carbons (Fsp3) is 0.784. The number of alkyl halides is 2. The molecule has 0 spiro atoms. The predicted molar refractivity (Wildman–Crippen MR) is 272 cm³/mol. The molecule has 1 saturated heterocycles. The monoisotopic (exact) mass is 997 g/mol. The van der Waals surface area contributed by atoms with E-state index in [1.165, 1.54) is 0 Å². The number of nitrogens with zero attached hydrogens (tertiary/aromatic N) is 3. The van der Waals surface area contributed by atoms with Gasteiger partial charge in [-0.2, -0.15) is 5.10 Å². The second-order valence-corrected chi connectivity index (χ2v) is 17.8. The van der Waals surface area contributed by atoms with Crippen LogP contribution in [0.3, 0.4) is 0 Å². The van der Waals surface area contributed by atoms with Crippen molar-refractivity contribution in [2.75, 3.05) is 112 Å². The molecule has 0 aromatic heterocycles. The van der Waals surface area contributed by atoms with Gasteiger partial charge in [-0.15, -0.1) is 0 Å². The van der Waals surface area contributed by atoms with E-state index in [-0.39, 0.29) is 55.6 Å². The minimum absolute atomic E-state index is 0.0396. The van der Waals surface area contributed by atoms with Gasteiger partial charge < -0.3 is 59.4 Å². The topological polar surface area (TPSA) is 219 Å². The number of amidine groups is 2. The zero-order valence-electron chi connectivity index (χ0n) is 43.2. The molecular formula is C51H90F2N8O9. The largest absolute Gasteiger partial charge is 0.379 e. The second kappa shape index (κ2) is 39.1. The van der Waals surface area contributed by atoms with Gasteiger partial charge in [-0.1, -0.05) is 37.3 Å². The first-order chi connectivity index (χ1) is 33.9. The highest BCUT2D eigenvalue weighted by atomic mass is 19.3. The Kier molecular flexibility index (Phi) is 34.9. The van der Waals surface area contributed by atoms with Gasteiger partial charge in [0.05, 0.1) is 110 Å². The van der Waals surface area contributed by atoms with Crippen LogP contribution in [0.1, 0.15) is 123 Å². The summed E-state index contributed by atoms with van der Waals surface area (Å²) >= 11 is 0. The van der Waals surface area contributed by atoms with Gasteiger partial charge >= 0.3 is 0 Å². The quantitative estimate of drug-likeness (QED) is 0.0142. The molecule has 3 rings (SSSR count). The number of likely N-dealkylation sites (tertiary alicyclic amines) is 1. The molecule has 1 aromatic carbocycles. The summed E-state index contributed by atoms with van der Waals surface area (Å²) in [4.78, 5) is 17.5. The van der Waals surface area contributed by atoms with Gasteiger partial charge in [0, 0.05) is 69.3 Å². The molecule has 1 aromatic rings. The first-order valence-corrected chi connectivity index (χ1v) is 25.7. The lowest BCUT2D eigenvalue weighted by atomic mass is 9.86. The van der Waals surface area contributed by atoms with Gasteiger partial charge in [0.15, 0.2) is 0 Å². The minimum Gasteiger partial charge on any atom is -0.379 e. The molecule has 1 saturated carbocycles. The van der Waals surface area contributed by atoms with Crippen molar-refractivity contribution in [3.8, 4) is 0 Å². The van der Waals surface area contributed by atoms with E-state index in [1.54, 1.807) is 11.8 Å². The molecule has 0 radical (unpaired) electrons. The third kappa shape index (κ3) is 27.9. The van der Waals surface area contributed by atoms with E-state index in [2.05, 4.69) is 36.1 Å². The number of carbonyl (C=O) groups is 1. The molecule has 2 aliphatic rings. The Morgan fingerprint density at radius 2 is 1.31 bits per heavy atom. The second-order valence-electron chi connectivity index (χ2n) is 17.8. The lowest BCUT2D eigenvalue weighted by Crippen LogP contribution is -2.46. The number of benzene rings is 1. The molecule has 19 heteroatoms. The molecular weight excluding hydrogens is 907 g/mol. The molecule has 1 aliphatic heterocycles. The zero-order chi connectivity index (χ0) is 51.2. The Labute approximate surface area is 418 Å². The summed E-state index contributed by atoms with van der Waals surface area (Å²) < 4.78 is 70.2. The van der Waals surface area contributed by atoms with Crippen molar-refractivity contribution in [2.24, 2.45) is 16.9 Å². The van der Waals surface area contributed by atoms with Crippen LogP contribution in [0.5, 0.6) is 0 Å². The SMILES string of the molecule is CC(=N)N(C(=N)CCC/C(C=N)=N/N)C(C)CC1CCC(C)N1CCC(NC(=O)C1CCC(F)(F)CC1)c1ccccc1.CCCOCCOCCOCCOCCOCCOCCOCCOCC. The Morgan fingerprint density at radius 1 is 0.814 bits per heavy atom. The van der Waals surface area contributed by atoms with E-state index in [0.717, 1.165) is 57.2 Å². The summed E-state index contributed by atoms with van der Waals surface area (Å²) in [7, 11) is 0. The summed E-state index contributed by atoms with van der Waals surface area (Å²) in [6.07, 6.45) is 7.33. The van der Waals surface area contributed by atoms with Crippen molar-refractivity contribution in [1.82, 2.24) is 15.1 Å². The van der Waals surface area contributed by atoms with Gasteiger partial charge in [0.25, 0.3) is 0 Å². The number of hydrogen-bond acceptors (Lipinski definition) is 15. The summed E-state index contributed by atoms with van der Waals surface area (Å²) in [5, 5.41) is 31.2. The van der Waals surface area contributed by atoms with Crippen molar-refractivity contribution in [3.63, 3.8) is 0 Å². The predicted octanol–water partition coefficient (Wildman–Crippen LogP) is 7.65. The molecule has 4 unspecified atom stereocenters. The van der Waals surface area contributed by atoms with Crippen LogP contribution in [0.15, 0.2) is 35.4 Å². The van der Waals surface area contributed by atoms with E-state index in [9.17, 15) is 13.6 Å². The minimum atomic E-state index is -2.66. The molecule has 4 atom stereocenters. The number of hydrogen-bond donors (Lipinski definition) is 5. The van der Waals surface area contributed by atoms with Crippen molar-refractivity contribution >= 4 is 29.5 Å². The molecule has 1 aliphatic carbocycles. The van der Waals surface area contributed by atoms with Crippen LogP contribution >= 0.6 is 0 Å². The Morgan fingerprint density at radius 3 is 1.77 bits per heavy atom. The number of halogens is 2. The maximum absolute atomic E-state index is 13.7. The van der Waals surface area contributed by atoms with Crippen molar-refractivity contribution < 1.29 is 51.5 Å². The third-order valence-electron chi connectivity index (χ3n) is 12.3. The highest BCUT2D eigenvalue weighted by molar-refractivity contribution is 6.29. The Hall–Kier alpha value is -3.53. The highest BCUT2D eigenvalue weighted by Crippen LogP contribution is 2.37. The fourth-order valence-electron chi connectivity index (χ4n) is 8.52. The van der Waals surface area contributed by atoms with Crippen LogP contribution in [0.2, 0.25) is 0 Å². The average molecular weight is 997 g/mol. The van der Waals surface area contributed by atoms with E-state index in [0.29, 0.717) is 142 Å². The molecule has 402 valence electrons. The summed E-state index contributed by atoms with van der Waals surface area (Å²) in [6.45, 7) is 20.5. The van der Waals surface area contributed by atoms with Gasteiger partial charge in [-0.3, -0.25) is 20.5 Å². The van der Waals surface area contributed by atoms with Crippen LogP contribution < -0.4 is 11.2 Å². The lowest BCUT2D eigenvalue weighted by molar-refractivity contribution is -0.130. The van der Waals surface area contributed by atoms with Crippen LogP contribution in [-0.2, 0) is 42.7 Å². The van der Waals surface area contributed by atoms with Gasteiger partial charge in [-0.25, -0.2) is 8.78 Å². The standard InChI is InChI=1S/C32H50F2N8O.C19H40O8/c1-22-12-13-28(20-23(2)42(24(3)36)30(37)11-7-10-27(21-35)40-38)41(22)19-16-29(25-8-5-4-6-9-25)39-31(43)26-14-17-32(33,34)18-15-26;1-3-5-21-8-9-23-12-13-25-16-17-27-19-18-26-15-14-24-11-10-22-7-6-20-4-2/h4-6,8-9,21-23,26,28-29,35-37H,7,10-20,38H2,1-3H3,(H,39,43);3-19H2,1-2H3/b35-21?,36-24?,37-30?,40-27-;. The Bertz CT molecular complexity index is 1540. The first kappa shape index (κ1) is 62.6. The number of hydrazone groups is 1. The summed E-state index contributed by atoms with van der Waals surface area (Å²) in [5.41, 5.74) is 1.50. The maximum Gasteiger partial charge on any atom is 0.248 e. The van der Waals surface area contributed by atoms with Gasteiger partial charge in [0.2, 0.25) is 11.8 Å². The average Bonchev–Trinajstić information content (AvgIpc) is 3.69. The number of nitrogens with one attached hydrogen (secondary N) is 4. The molecule has 1 heterocycles. The molecule has 1 amide bonds. The number of ether oxygens (including phenoxy) is 8. The molecule has 0 bridgehead atoms. The highest BCUT2D eigenvalue weighted by Gasteiger charge is 2.38. The lowest BCUT2D eigenvalue weighted by Gasteiger charge is -2.36. The van der Waals surface area contributed by atoms with Gasteiger partial charge in [0.1, 0.15) is 5.84 Å². The van der Waals surface area contributed by atoms with Crippen LogP contribution in [0, 0.1) is 22.1 Å². The number of nitrogens with two attached hydrogens (primary N) is 1. The normalized spacial score (nSPS) is 18.2. The molecule has 70 heavy (non-hydrogen) atoms. The number of carbonyl (C=O) groups excluding carboxylic acids is 1. The number of amides is 1. The Balaban J connectivity index is 0.000000538. The number of rotatable bonds is 38. The van der Waals surface area contributed by atoms with Crippen LogP contribution in [0.4, 0.5) is 8.78 Å². The van der Waals surface area contributed by atoms with Crippen LogP contribution in [0.25, 0.3) is 0 Å². The van der Waals surface area contributed by atoms with Gasteiger partial charge in [-0.05, 0) is 91.0 Å². The molecule has 6 N–H and O–H groups in total. The summed E-state index contributed by atoms with van der Waals surface area (Å²) in [5.74, 6) is 2.84. The van der Waals surface area contributed by atoms with Crippen molar-refractivity contribution in [2.45, 2.75) is 142 Å². The molecule has 2 fully saturated rings. The fourth-order valence-corrected chi connectivity index (χ4v) is 8.52. The van der Waals surface area contributed by atoms with E-state index >= 15 is 0 Å². The third-order valence-corrected chi connectivity index (χ3v) is 12.3. The van der Waals surface area contributed by atoms with Crippen LogP contribution in [-0.4, -0.2) is 176 Å². The van der Waals surface area contributed by atoms with E-state index < -0.39 is 5.92 Å². The smallest absolute Gasteiger partial charge is 0.248 e. The summed E-state index contributed by atoms with van der Waals surface area (Å²) in [6, 6.07) is 10.3. The zero-order valence-corrected chi connectivity index (χ0v) is 43.2.